The number of rotatable bonds is 10. The number of aromatic nitrogens is 1. The van der Waals surface area contributed by atoms with Gasteiger partial charge in [-0.2, -0.15) is 0 Å². The maximum Gasteiger partial charge on any atom is 0.407 e. The fourth-order valence-electron chi connectivity index (χ4n) is 5.42. The smallest absolute Gasteiger partial charge is 0.407 e. The molecule has 0 radical (unpaired) electrons. The van der Waals surface area contributed by atoms with Crippen LogP contribution in [0, 0.1) is 0 Å². The van der Waals surface area contributed by atoms with Gasteiger partial charge < -0.3 is 14.4 Å². The zero-order valence-corrected chi connectivity index (χ0v) is 26.8. The maximum absolute atomic E-state index is 13.0. The van der Waals surface area contributed by atoms with Crippen molar-refractivity contribution in [3.63, 3.8) is 0 Å². The summed E-state index contributed by atoms with van der Waals surface area (Å²) in [4.78, 5) is 33.4. The number of benzene rings is 2. The first-order chi connectivity index (χ1) is 19.9. The average Bonchev–Trinajstić information content (AvgIpc) is 3.38. The predicted molar refractivity (Wildman–Crippen MR) is 169 cm³/mol. The van der Waals surface area contributed by atoms with Crippen LogP contribution in [0.4, 0.5) is 4.79 Å². The Bertz CT molecular complexity index is 1330. The summed E-state index contributed by atoms with van der Waals surface area (Å²) in [5.41, 5.74) is 3.61. The van der Waals surface area contributed by atoms with Gasteiger partial charge in [0.1, 0.15) is 0 Å². The van der Waals surface area contributed by atoms with Crippen LogP contribution < -0.4 is 0 Å². The van der Waals surface area contributed by atoms with Crippen molar-refractivity contribution in [2.24, 2.45) is 0 Å². The van der Waals surface area contributed by atoms with Gasteiger partial charge in [-0.1, -0.05) is 69.3 Å². The summed E-state index contributed by atoms with van der Waals surface area (Å²) in [5.74, 6) is -0.0425. The van der Waals surface area contributed by atoms with Crippen molar-refractivity contribution < 1.29 is 19.1 Å². The van der Waals surface area contributed by atoms with Gasteiger partial charge in [0.2, 0.25) is 0 Å². The lowest BCUT2D eigenvalue weighted by molar-refractivity contribution is 0.0598. The Labute approximate surface area is 251 Å². The third-order valence-corrected chi connectivity index (χ3v) is 13.4. The van der Waals surface area contributed by atoms with Crippen LogP contribution in [0.1, 0.15) is 66.9 Å². The molecule has 1 N–H and O–H groups in total. The standard InChI is InChI=1S/C34H45N3O4Si/c1-34(2,3)42(5,6)41-31(26-12-8-7-9-13-26)30-20-19-29(37(30)33(39)40)24-25-15-17-27(18-16-25)32(38)36(4)23-21-28-14-10-11-22-35-28/h7-18,22,29-31H,19-21,23-24H2,1-6H3,(H,39,40)/t29-,30+,31?/m0/s1. The number of likely N-dealkylation sites (N-methyl/N-ethyl adjacent to an activating group) is 1. The molecule has 2 heterocycles. The molecule has 0 aliphatic carbocycles. The van der Waals surface area contributed by atoms with E-state index in [1.165, 1.54) is 0 Å². The average molecular weight is 588 g/mol. The number of carbonyl (C=O) groups excluding carboxylic acids is 1. The van der Waals surface area contributed by atoms with E-state index < -0.39 is 14.4 Å². The molecule has 1 fully saturated rings. The van der Waals surface area contributed by atoms with Gasteiger partial charge >= 0.3 is 6.09 Å². The van der Waals surface area contributed by atoms with Crippen molar-refractivity contribution in [1.82, 2.24) is 14.8 Å². The van der Waals surface area contributed by atoms with Crippen molar-refractivity contribution in [2.75, 3.05) is 13.6 Å². The van der Waals surface area contributed by atoms with E-state index in [0.717, 1.165) is 29.7 Å². The van der Waals surface area contributed by atoms with Crippen LogP contribution >= 0.6 is 0 Å². The van der Waals surface area contributed by atoms with E-state index in [2.05, 4.69) is 38.8 Å². The minimum atomic E-state index is -2.19. The molecule has 0 bridgehead atoms. The Balaban J connectivity index is 1.47. The fourth-order valence-corrected chi connectivity index (χ4v) is 6.70. The highest BCUT2D eigenvalue weighted by Gasteiger charge is 2.46. The zero-order chi connectivity index (χ0) is 30.5. The number of hydrogen-bond acceptors (Lipinski definition) is 4. The molecule has 4 rings (SSSR count). The topological polar surface area (TPSA) is 83.0 Å². The van der Waals surface area contributed by atoms with Crippen molar-refractivity contribution in [2.45, 2.75) is 82.8 Å². The molecule has 1 aliphatic rings. The van der Waals surface area contributed by atoms with Crippen LogP contribution in [0.3, 0.4) is 0 Å². The van der Waals surface area contributed by atoms with E-state index >= 15 is 0 Å². The van der Waals surface area contributed by atoms with Crippen molar-refractivity contribution >= 4 is 20.3 Å². The van der Waals surface area contributed by atoms with Crippen LogP contribution in [0.5, 0.6) is 0 Å². The van der Waals surface area contributed by atoms with Gasteiger partial charge in [0.25, 0.3) is 5.91 Å². The number of amides is 2. The quantitative estimate of drug-likeness (QED) is 0.253. The van der Waals surface area contributed by atoms with Gasteiger partial charge in [-0.25, -0.2) is 4.79 Å². The first kappa shape index (κ1) is 31.4. The highest BCUT2D eigenvalue weighted by molar-refractivity contribution is 6.74. The predicted octanol–water partition coefficient (Wildman–Crippen LogP) is 7.21. The molecular formula is C34H45N3O4Si. The lowest BCUT2D eigenvalue weighted by Crippen LogP contribution is -2.49. The second kappa shape index (κ2) is 13.2. The first-order valence-electron chi connectivity index (χ1n) is 14.9. The van der Waals surface area contributed by atoms with Gasteiger partial charge in [0, 0.05) is 43.5 Å². The SMILES string of the molecule is CN(CCc1ccccn1)C(=O)c1ccc(C[C@@H]2CC[C@H](C(O[Si](C)(C)C(C)(C)C)c3ccccc3)N2C(=O)O)cc1. The van der Waals surface area contributed by atoms with E-state index in [0.29, 0.717) is 24.9 Å². The van der Waals surface area contributed by atoms with Crippen LogP contribution in [0.15, 0.2) is 79.0 Å². The maximum atomic E-state index is 13.0. The molecule has 7 nitrogen and oxygen atoms in total. The molecule has 0 spiro atoms. The first-order valence-corrected chi connectivity index (χ1v) is 17.8. The summed E-state index contributed by atoms with van der Waals surface area (Å²) in [6.45, 7) is 11.6. The summed E-state index contributed by atoms with van der Waals surface area (Å²) < 4.78 is 6.95. The Hall–Kier alpha value is -3.49. The normalized spacial score (nSPS) is 18.1. The molecule has 1 unspecified atom stereocenters. The summed E-state index contributed by atoms with van der Waals surface area (Å²) in [5, 5.41) is 10.4. The Morgan fingerprint density at radius 1 is 1.02 bits per heavy atom. The van der Waals surface area contributed by atoms with Gasteiger partial charge in [-0.3, -0.25) is 14.7 Å². The molecule has 1 aromatic heterocycles. The molecule has 224 valence electrons. The zero-order valence-electron chi connectivity index (χ0n) is 25.8. The third-order valence-electron chi connectivity index (χ3n) is 8.92. The lowest BCUT2D eigenvalue weighted by atomic mass is 10.0. The molecule has 2 aromatic carbocycles. The lowest BCUT2D eigenvalue weighted by Gasteiger charge is -2.42. The summed E-state index contributed by atoms with van der Waals surface area (Å²) in [6, 6.07) is 23.0. The van der Waals surface area contributed by atoms with Crippen LogP contribution in [-0.4, -0.2) is 65.9 Å². The highest BCUT2D eigenvalue weighted by atomic mass is 28.4. The minimum absolute atomic E-state index is 0.00221. The molecule has 42 heavy (non-hydrogen) atoms. The van der Waals surface area contributed by atoms with E-state index in [-0.39, 0.29) is 29.1 Å². The minimum Gasteiger partial charge on any atom is -0.465 e. The van der Waals surface area contributed by atoms with Gasteiger partial charge in [0.15, 0.2) is 8.32 Å². The largest absolute Gasteiger partial charge is 0.465 e. The molecule has 0 saturated carbocycles. The number of carbonyl (C=O) groups is 2. The highest BCUT2D eigenvalue weighted by Crippen LogP contribution is 2.44. The second-order valence-electron chi connectivity index (χ2n) is 12.9. The van der Waals surface area contributed by atoms with Gasteiger partial charge in [-0.05, 0) is 72.8 Å². The van der Waals surface area contributed by atoms with Crippen molar-refractivity contribution in [3.8, 4) is 0 Å². The molecule has 2 amide bonds. The summed E-state index contributed by atoms with van der Waals surface area (Å²) >= 11 is 0. The van der Waals surface area contributed by atoms with Crippen molar-refractivity contribution in [3.05, 3.63) is 101 Å². The van der Waals surface area contributed by atoms with Crippen molar-refractivity contribution in [1.29, 1.82) is 0 Å². The second-order valence-corrected chi connectivity index (χ2v) is 17.7. The monoisotopic (exact) mass is 587 g/mol. The molecular weight excluding hydrogens is 542 g/mol. The Kier molecular flexibility index (Phi) is 9.89. The molecule has 3 aromatic rings. The van der Waals surface area contributed by atoms with E-state index in [1.54, 1.807) is 23.0 Å². The number of pyridine rings is 1. The van der Waals surface area contributed by atoms with Gasteiger partial charge in [-0.15, -0.1) is 0 Å². The Morgan fingerprint density at radius 2 is 1.69 bits per heavy atom. The Morgan fingerprint density at radius 3 is 2.29 bits per heavy atom. The number of likely N-dealkylation sites (tertiary alicyclic amines) is 1. The fraction of sp³-hybridized carbons (Fsp3) is 0.441. The number of carboxylic acid groups (broad SMARTS) is 1. The van der Waals surface area contributed by atoms with Crippen LogP contribution in [-0.2, 0) is 17.3 Å². The van der Waals surface area contributed by atoms with E-state index in [9.17, 15) is 14.7 Å². The summed E-state index contributed by atoms with van der Waals surface area (Å²) in [6.07, 6.45) is 3.31. The summed E-state index contributed by atoms with van der Waals surface area (Å²) in [7, 11) is -0.387. The van der Waals surface area contributed by atoms with Crippen LogP contribution in [0.2, 0.25) is 18.1 Å². The molecule has 1 saturated heterocycles. The number of hydrogen-bond donors (Lipinski definition) is 1. The third kappa shape index (κ3) is 7.47. The van der Waals surface area contributed by atoms with Gasteiger partial charge in [0.05, 0.1) is 12.1 Å². The van der Waals surface area contributed by atoms with Crippen LogP contribution in [0.25, 0.3) is 0 Å². The van der Waals surface area contributed by atoms with E-state index in [4.69, 9.17) is 4.43 Å². The van der Waals surface area contributed by atoms with E-state index in [1.807, 2.05) is 72.8 Å². The molecule has 3 atom stereocenters. The molecule has 8 heteroatoms. The molecule has 1 aliphatic heterocycles. The number of nitrogens with zero attached hydrogens (tertiary/aromatic N) is 3.